The lowest BCUT2D eigenvalue weighted by atomic mass is 10.2. The predicted molar refractivity (Wildman–Crippen MR) is 147 cm³/mol. The first-order valence-electron chi connectivity index (χ1n) is 10.1. The molecule has 0 unspecified atom stereocenters. The second-order valence-electron chi connectivity index (χ2n) is 5.09. The average Bonchev–Trinajstić information content (AvgIpc) is 2.87. The van der Waals surface area contributed by atoms with E-state index in [1.165, 1.54) is 0 Å². The smallest absolute Gasteiger partial charge is 0.109 e. The zero-order valence-electron chi connectivity index (χ0n) is 19.3. The molecule has 192 valence electrons. The molecule has 0 N–H and O–H groups in total. The van der Waals surface area contributed by atoms with Gasteiger partial charge in [0, 0.05) is 49.2 Å². The molecule has 0 aliphatic carbocycles. The van der Waals surface area contributed by atoms with E-state index in [-0.39, 0.29) is 5.88 Å². The Morgan fingerprint density at radius 3 is 0.941 bits per heavy atom. The highest BCUT2D eigenvalue weighted by molar-refractivity contribution is 9.09. The lowest BCUT2D eigenvalue weighted by molar-refractivity contribution is 0.737. The Bertz CT molecular complexity index is 570. The molecule has 6 nitrogen and oxygen atoms in total. The Kier molecular flexibility index (Phi) is 94.8. The molecule has 34 heavy (non-hydrogen) atoms. The zero-order valence-corrected chi connectivity index (χ0v) is 24.6. The van der Waals surface area contributed by atoms with Crippen LogP contribution in [0.3, 0.4) is 0 Å². The van der Waals surface area contributed by atoms with Gasteiger partial charge in [-0.2, -0.15) is 31.6 Å². The molecule has 0 aromatic heterocycles. The summed E-state index contributed by atoms with van der Waals surface area (Å²) in [4.78, 5) is 0. The SMILES string of the molecule is N#CCBr.N#CCCCCCCl.N#CCCCCCl.N#CCCCCl.N#CCCCl.N#CCCl. The molecular weight excluding hydrogens is 605 g/mol. The van der Waals surface area contributed by atoms with E-state index in [4.69, 9.17) is 89.6 Å². The van der Waals surface area contributed by atoms with Crippen LogP contribution in [0, 0.1) is 68.0 Å². The normalized spacial score (nSPS) is 7.06. The van der Waals surface area contributed by atoms with Crippen molar-refractivity contribution in [2.75, 3.05) is 34.7 Å². The minimum atomic E-state index is 0.0972. The van der Waals surface area contributed by atoms with Crippen molar-refractivity contribution in [1.82, 2.24) is 0 Å². The van der Waals surface area contributed by atoms with Gasteiger partial charge >= 0.3 is 0 Å². The zero-order chi connectivity index (χ0) is 27.6. The Labute approximate surface area is 239 Å². The third-order valence-electron chi connectivity index (χ3n) is 2.34. The van der Waals surface area contributed by atoms with Crippen molar-refractivity contribution >= 4 is 73.9 Å². The molecule has 0 spiro atoms. The lowest BCUT2D eigenvalue weighted by Crippen LogP contribution is -1.75. The predicted octanol–water partition coefficient (Wildman–Crippen LogP) is 8.55. The molecule has 0 saturated carbocycles. The summed E-state index contributed by atoms with van der Waals surface area (Å²) >= 11 is 28.7. The summed E-state index contributed by atoms with van der Waals surface area (Å²) in [5, 5.41) is 47.2. The van der Waals surface area contributed by atoms with Crippen LogP contribution >= 0.6 is 73.9 Å². The minimum Gasteiger partial charge on any atom is -0.198 e. The summed E-state index contributed by atoms with van der Waals surface area (Å²) in [6, 6.07) is 11.5. The number of rotatable bonds is 10. The Morgan fingerprint density at radius 2 is 0.735 bits per heavy atom. The van der Waals surface area contributed by atoms with Crippen LogP contribution in [0.1, 0.15) is 64.2 Å². The van der Waals surface area contributed by atoms with E-state index in [0.717, 1.165) is 44.4 Å². The van der Waals surface area contributed by atoms with Gasteiger partial charge < -0.3 is 0 Å². The summed E-state index contributed by atoms with van der Waals surface area (Å²) in [7, 11) is 0. The quantitative estimate of drug-likeness (QED) is 0.173. The standard InChI is InChI=1S/C6H10ClN.C5H8ClN.C4H6ClN.C3H4ClN.C2H2BrN.C2H2ClN/c7-5-3-1-2-4-6-8;6-4-2-1-3-5-7;5-3-1-2-4-6;4-2-1-3-5;2*3-1-2-4/h1-5H2;1-4H2;1-3H2;1-2H2;2*1H2. The second kappa shape index (κ2) is 69.7. The van der Waals surface area contributed by atoms with Crippen LogP contribution in [0.2, 0.25) is 0 Å². The van der Waals surface area contributed by atoms with Crippen LogP contribution in [-0.4, -0.2) is 34.7 Å². The first kappa shape index (κ1) is 46.2. The van der Waals surface area contributed by atoms with E-state index < -0.39 is 0 Å². The molecule has 0 bridgehead atoms. The van der Waals surface area contributed by atoms with Crippen LogP contribution in [0.25, 0.3) is 0 Å². The first-order valence-corrected chi connectivity index (χ1v) is 13.9. The highest BCUT2D eigenvalue weighted by Crippen LogP contribution is 1.99. The van der Waals surface area contributed by atoms with Crippen molar-refractivity contribution in [3.8, 4) is 36.4 Å². The maximum atomic E-state index is 8.08. The molecule has 0 aromatic carbocycles. The van der Waals surface area contributed by atoms with E-state index in [9.17, 15) is 0 Å². The van der Waals surface area contributed by atoms with Gasteiger partial charge in [-0.05, 0) is 32.1 Å². The third-order valence-corrected chi connectivity index (χ3v) is 3.70. The van der Waals surface area contributed by atoms with Crippen LogP contribution in [-0.2, 0) is 0 Å². The number of unbranched alkanes of at least 4 members (excludes halogenated alkanes) is 6. The van der Waals surface area contributed by atoms with Gasteiger partial charge in [-0.25, -0.2) is 0 Å². The van der Waals surface area contributed by atoms with Gasteiger partial charge in [-0.15, -0.1) is 58.0 Å². The highest BCUT2D eigenvalue weighted by Gasteiger charge is 1.84. The number of nitriles is 6. The van der Waals surface area contributed by atoms with Crippen molar-refractivity contribution in [3.05, 3.63) is 0 Å². The minimum absolute atomic E-state index is 0.0972. The Balaban J connectivity index is -0.0000000706. The summed E-state index contributed by atoms with van der Waals surface area (Å²) in [5.41, 5.74) is 0. The van der Waals surface area contributed by atoms with Gasteiger partial charge in [0.2, 0.25) is 0 Å². The fourth-order valence-electron chi connectivity index (χ4n) is 0.962. The number of hydrogen-bond acceptors (Lipinski definition) is 6. The molecule has 0 aliphatic heterocycles. The molecule has 0 radical (unpaired) electrons. The molecule has 0 fully saturated rings. The highest BCUT2D eigenvalue weighted by atomic mass is 79.9. The van der Waals surface area contributed by atoms with Gasteiger partial charge in [-0.3, -0.25) is 0 Å². The van der Waals surface area contributed by atoms with Crippen LogP contribution in [0.5, 0.6) is 0 Å². The monoisotopic (exact) mass is 634 g/mol. The number of hydrogen-bond donors (Lipinski definition) is 0. The van der Waals surface area contributed by atoms with Crippen molar-refractivity contribution in [1.29, 1.82) is 31.6 Å². The van der Waals surface area contributed by atoms with Crippen molar-refractivity contribution in [3.63, 3.8) is 0 Å². The summed E-state index contributed by atoms with van der Waals surface area (Å²) in [6.45, 7) is 0. The van der Waals surface area contributed by atoms with Gasteiger partial charge in [0.1, 0.15) is 5.88 Å². The van der Waals surface area contributed by atoms with Gasteiger partial charge in [0.05, 0.1) is 41.7 Å². The average molecular weight is 638 g/mol. The molecule has 0 aliphatic rings. The number of halogens is 6. The van der Waals surface area contributed by atoms with Crippen LogP contribution in [0.4, 0.5) is 0 Å². The molecule has 0 amide bonds. The molecule has 0 heterocycles. The molecule has 0 saturated heterocycles. The topological polar surface area (TPSA) is 143 Å². The maximum absolute atomic E-state index is 8.08. The Morgan fingerprint density at radius 1 is 0.412 bits per heavy atom. The van der Waals surface area contributed by atoms with E-state index in [1.54, 1.807) is 6.07 Å². The molecule has 12 heteroatoms. The van der Waals surface area contributed by atoms with E-state index in [2.05, 4.69) is 22.0 Å². The van der Waals surface area contributed by atoms with E-state index >= 15 is 0 Å². The van der Waals surface area contributed by atoms with Crippen molar-refractivity contribution in [2.45, 2.75) is 64.2 Å². The van der Waals surface area contributed by atoms with Crippen LogP contribution in [0.15, 0.2) is 0 Å². The van der Waals surface area contributed by atoms with Crippen LogP contribution < -0.4 is 0 Å². The lowest BCUT2D eigenvalue weighted by Gasteiger charge is -1.88. The Hall–Kier alpha value is -1.13. The van der Waals surface area contributed by atoms with Gasteiger partial charge in [0.15, 0.2) is 0 Å². The fourth-order valence-corrected chi connectivity index (χ4v) is 1.56. The molecular formula is C22H32BrCl5N6. The molecule has 0 atom stereocenters. The largest absolute Gasteiger partial charge is 0.198 e. The number of nitrogens with zero attached hydrogens (tertiary/aromatic N) is 6. The second-order valence-corrected chi connectivity index (χ2v) is 7.43. The van der Waals surface area contributed by atoms with E-state index in [1.807, 2.05) is 24.3 Å². The van der Waals surface area contributed by atoms with Crippen molar-refractivity contribution in [2.24, 2.45) is 0 Å². The summed E-state index contributed by atoms with van der Waals surface area (Å²) in [6.07, 6.45) is 8.24. The first-order chi connectivity index (χ1) is 16.5. The summed E-state index contributed by atoms with van der Waals surface area (Å²) in [5.74, 6) is 2.57. The third kappa shape index (κ3) is 125. The van der Waals surface area contributed by atoms with E-state index in [0.29, 0.717) is 48.7 Å². The number of alkyl halides is 6. The molecule has 0 rings (SSSR count). The maximum Gasteiger partial charge on any atom is 0.109 e. The van der Waals surface area contributed by atoms with Crippen molar-refractivity contribution < 1.29 is 0 Å². The molecule has 0 aromatic rings. The van der Waals surface area contributed by atoms with Gasteiger partial charge in [0.25, 0.3) is 0 Å². The fraction of sp³-hybridized carbons (Fsp3) is 0.727. The van der Waals surface area contributed by atoms with Gasteiger partial charge in [-0.1, -0.05) is 22.4 Å². The summed E-state index contributed by atoms with van der Waals surface area (Å²) < 4.78 is 0.